The number of amides is 3. The lowest BCUT2D eigenvalue weighted by Crippen LogP contribution is -2.64. The van der Waals surface area contributed by atoms with Crippen molar-refractivity contribution in [2.75, 3.05) is 26.4 Å². The number of nitrogens with zero attached hydrogens (tertiary/aromatic N) is 3. The van der Waals surface area contributed by atoms with Crippen LogP contribution in [-0.2, 0) is 15.7 Å². The molecule has 9 nitrogen and oxygen atoms in total. The number of benzene rings is 1. The second-order valence-electron chi connectivity index (χ2n) is 10.8. The maximum absolute atomic E-state index is 13.6. The molecule has 2 N–H and O–H groups in total. The zero-order valence-electron chi connectivity index (χ0n) is 23.3. The first-order valence-corrected chi connectivity index (χ1v) is 14.5. The number of carbonyl (C=O) groups excluding carboxylic acids is 3. The molecule has 1 atom stereocenters. The highest BCUT2D eigenvalue weighted by molar-refractivity contribution is 8.13. The van der Waals surface area contributed by atoms with Crippen molar-refractivity contribution in [3.63, 3.8) is 0 Å². The largest absolute Gasteiger partial charge is 0.438 e. The van der Waals surface area contributed by atoms with Crippen LogP contribution in [0.15, 0.2) is 29.4 Å². The third-order valence-corrected chi connectivity index (χ3v) is 7.53. The highest BCUT2D eigenvalue weighted by Crippen LogP contribution is 2.33. The van der Waals surface area contributed by atoms with Gasteiger partial charge in [0, 0.05) is 18.7 Å². The first-order valence-electron chi connectivity index (χ1n) is 13.5. The van der Waals surface area contributed by atoms with Crippen LogP contribution >= 0.6 is 11.8 Å². The summed E-state index contributed by atoms with van der Waals surface area (Å²) in [6.45, 7) is 4.69. The average molecular weight is 586 g/mol. The second kappa shape index (κ2) is 13.7. The van der Waals surface area contributed by atoms with E-state index in [-0.39, 0.29) is 23.4 Å². The number of Topliss-reactive ketones (excluding diaryl/α,β-unsaturated/α-hetero) is 1. The molecule has 40 heavy (non-hydrogen) atoms. The van der Waals surface area contributed by atoms with Gasteiger partial charge in [-0.2, -0.15) is 18.2 Å². The molecule has 2 aliphatic rings. The highest BCUT2D eigenvalue weighted by atomic mass is 32.2. The van der Waals surface area contributed by atoms with Crippen LogP contribution in [0.25, 0.3) is 0 Å². The molecule has 3 amide bonds. The van der Waals surface area contributed by atoms with Gasteiger partial charge in [-0.15, -0.1) is 5.10 Å². The lowest BCUT2D eigenvalue weighted by molar-refractivity contribution is -0.138. The molecule has 1 fully saturated rings. The number of ketones is 1. The minimum atomic E-state index is -4.72. The number of hydrazone groups is 1. The van der Waals surface area contributed by atoms with Crippen LogP contribution in [0.2, 0.25) is 0 Å². The van der Waals surface area contributed by atoms with Crippen molar-refractivity contribution in [1.29, 1.82) is 0 Å². The molecule has 0 radical (unpaired) electrons. The monoisotopic (exact) mass is 585 g/mol. The van der Waals surface area contributed by atoms with Gasteiger partial charge in [0.25, 0.3) is 17.4 Å². The summed E-state index contributed by atoms with van der Waals surface area (Å²) >= 11 is 1.27. The van der Waals surface area contributed by atoms with E-state index in [1.165, 1.54) is 23.9 Å². The summed E-state index contributed by atoms with van der Waals surface area (Å²) in [5.74, 6) is -0.368. The van der Waals surface area contributed by atoms with E-state index in [1.807, 2.05) is 32.8 Å². The minimum Gasteiger partial charge on any atom is -0.438 e. The predicted octanol–water partition coefficient (Wildman–Crippen LogP) is 5.03. The Kier molecular flexibility index (Phi) is 10.9. The van der Waals surface area contributed by atoms with Gasteiger partial charge in [0.15, 0.2) is 5.78 Å². The van der Waals surface area contributed by atoms with Gasteiger partial charge in [0.05, 0.1) is 11.1 Å². The molecule has 1 heterocycles. The van der Waals surface area contributed by atoms with Gasteiger partial charge < -0.3 is 20.3 Å². The van der Waals surface area contributed by atoms with Crippen LogP contribution in [-0.4, -0.2) is 71.1 Å². The molecular formula is C27H38F3N5O4S. The van der Waals surface area contributed by atoms with Crippen molar-refractivity contribution < 1.29 is 32.3 Å². The topological polar surface area (TPSA) is 103 Å². The molecule has 0 saturated heterocycles. The van der Waals surface area contributed by atoms with Gasteiger partial charge in [-0.3, -0.25) is 9.59 Å². The third kappa shape index (κ3) is 8.60. The Labute approximate surface area is 237 Å². The molecule has 0 aromatic heterocycles. The molecule has 222 valence electrons. The number of nitrogens with one attached hydrogen (secondary N) is 2. The van der Waals surface area contributed by atoms with Gasteiger partial charge in [-0.1, -0.05) is 44.2 Å². The van der Waals surface area contributed by atoms with Crippen molar-refractivity contribution >= 4 is 34.7 Å². The summed E-state index contributed by atoms with van der Waals surface area (Å²) in [5, 5.41) is 10.9. The van der Waals surface area contributed by atoms with Gasteiger partial charge in [0.1, 0.15) is 5.66 Å². The van der Waals surface area contributed by atoms with E-state index in [4.69, 9.17) is 4.74 Å². The molecule has 1 aliphatic heterocycles. The summed E-state index contributed by atoms with van der Waals surface area (Å²) < 4.78 is 46.5. The summed E-state index contributed by atoms with van der Waals surface area (Å²) in [7, 11) is 3.84. The summed E-state index contributed by atoms with van der Waals surface area (Å²) in [6.07, 6.45) is -2.43. The normalized spacial score (nSPS) is 18.9. The zero-order valence-corrected chi connectivity index (χ0v) is 24.2. The Morgan fingerprint density at radius 3 is 2.45 bits per heavy atom. The molecule has 1 unspecified atom stereocenters. The SMILES string of the molecule is CC(C)CCC(=O)C1OC(SCCN(C)C)=NN1C(=O)NC1(NC(=O)c2ccccc2C(F)(F)F)CCCCC1. The van der Waals surface area contributed by atoms with E-state index < -0.39 is 41.1 Å². The molecule has 1 aliphatic carbocycles. The number of halogens is 3. The smallest absolute Gasteiger partial charge is 0.417 e. The van der Waals surface area contributed by atoms with Crippen LogP contribution in [0.5, 0.6) is 0 Å². The second-order valence-corrected chi connectivity index (χ2v) is 11.8. The molecule has 1 aromatic carbocycles. The maximum atomic E-state index is 13.6. The molecule has 1 saturated carbocycles. The number of hydrogen-bond acceptors (Lipinski definition) is 7. The van der Waals surface area contributed by atoms with Gasteiger partial charge in [-0.05, 0) is 64.3 Å². The molecule has 13 heteroatoms. The highest BCUT2D eigenvalue weighted by Gasteiger charge is 2.43. The summed E-state index contributed by atoms with van der Waals surface area (Å²) in [6, 6.07) is 3.76. The van der Waals surface area contributed by atoms with Crippen molar-refractivity contribution in [2.45, 2.75) is 76.9 Å². The fourth-order valence-corrected chi connectivity index (χ4v) is 5.44. The van der Waals surface area contributed by atoms with Crippen molar-refractivity contribution in [3.05, 3.63) is 35.4 Å². The zero-order chi connectivity index (χ0) is 29.5. The maximum Gasteiger partial charge on any atom is 0.417 e. The average Bonchev–Trinajstić information content (AvgIpc) is 3.31. The van der Waals surface area contributed by atoms with Gasteiger partial charge >= 0.3 is 12.2 Å². The molecular weight excluding hydrogens is 547 g/mol. The van der Waals surface area contributed by atoms with E-state index in [0.29, 0.717) is 37.9 Å². The number of rotatable bonds is 10. The Balaban J connectivity index is 1.83. The van der Waals surface area contributed by atoms with Crippen molar-refractivity contribution in [2.24, 2.45) is 11.0 Å². The molecule has 0 spiro atoms. The number of urea groups is 1. The van der Waals surface area contributed by atoms with Crippen LogP contribution in [0.3, 0.4) is 0 Å². The predicted molar refractivity (Wildman–Crippen MR) is 147 cm³/mol. The third-order valence-electron chi connectivity index (χ3n) is 6.72. The van der Waals surface area contributed by atoms with Crippen LogP contribution in [0.4, 0.5) is 18.0 Å². The number of carbonyl (C=O) groups is 3. The van der Waals surface area contributed by atoms with E-state index in [0.717, 1.165) is 30.1 Å². The first kappa shape index (κ1) is 31.7. The minimum absolute atomic E-state index is 0.181. The number of thioether (sulfide) groups is 1. The number of hydrogen-bond donors (Lipinski definition) is 2. The fourth-order valence-electron chi connectivity index (χ4n) is 4.51. The summed E-state index contributed by atoms with van der Waals surface area (Å²) in [4.78, 5) is 41.7. The van der Waals surface area contributed by atoms with Gasteiger partial charge in [0.2, 0.25) is 0 Å². The van der Waals surface area contributed by atoms with Gasteiger partial charge in [-0.25, -0.2) is 4.79 Å². The Bertz CT molecular complexity index is 1090. The summed E-state index contributed by atoms with van der Waals surface area (Å²) in [5.41, 5.74) is -2.90. The molecule has 3 rings (SSSR count). The van der Waals surface area contributed by atoms with Crippen LogP contribution in [0.1, 0.15) is 74.7 Å². The lowest BCUT2D eigenvalue weighted by atomic mass is 9.88. The van der Waals surface area contributed by atoms with E-state index >= 15 is 0 Å². The standard InChI is InChI=1S/C27H38F3N5O4S/c1-18(2)12-13-21(36)23-35(33-25(39-23)40-17-16-34(3)4)24(38)32-26(14-8-5-9-15-26)31-22(37)19-10-6-7-11-20(19)27(28,29)30/h6-7,10-11,18,23H,5,8-9,12-17H2,1-4H3,(H,31,37)(H,32,38). The van der Waals surface area contributed by atoms with Crippen LogP contribution in [0, 0.1) is 5.92 Å². The molecule has 0 bridgehead atoms. The molecule has 1 aromatic rings. The van der Waals surface area contributed by atoms with E-state index in [9.17, 15) is 27.6 Å². The van der Waals surface area contributed by atoms with Crippen molar-refractivity contribution in [1.82, 2.24) is 20.5 Å². The van der Waals surface area contributed by atoms with Crippen molar-refractivity contribution in [3.8, 4) is 0 Å². The lowest BCUT2D eigenvalue weighted by Gasteiger charge is -2.39. The Morgan fingerprint density at radius 1 is 1.15 bits per heavy atom. The number of alkyl halides is 3. The first-order chi connectivity index (χ1) is 18.8. The quantitative estimate of drug-likeness (QED) is 0.373. The number of ether oxygens (including phenoxy) is 1. The fraction of sp³-hybridized carbons (Fsp3) is 0.630. The Morgan fingerprint density at radius 2 is 1.82 bits per heavy atom. The van der Waals surface area contributed by atoms with E-state index in [2.05, 4.69) is 15.7 Å². The Hall–Kier alpha value is -2.80. The van der Waals surface area contributed by atoms with E-state index in [1.54, 1.807) is 0 Å². The van der Waals surface area contributed by atoms with Crippen LogP contribution < -0.4 is 10.6 Å².